The molecule has 86 valence electrons. The molecule has 4 heteroatoms. The van der Waals surface area contributed by atoms with Gasteiger partial charge in [0.1, 0.15) is 16.5 Å². The normalized spacial score (nSPS) is 9.88. The molecule has 0 heterocycles. The number of hydrogen-bond donors (Lipinski definition) is 3. The zero-order chi connectivity index (χ0) is 12.3. The van der Waals surface area contributed by atoms with E-state index < -0.39 is 0 Å². The summed E-state index contributed by atoms with van der Waals surface area (Å²) in [4.78, 5) is 0.411. The zero-order valence-electron chi connectivity index (χ0n) is 8.92. The number of aromatic hydroxyl groups is 2. The van der Waals surface area contributed by atoms with Gasteiger partial charge in [0, 0.05) is 11.8 Å². The van der Waals surface area contributed by atoms with E-state index >= 15 is 0 Å². The Hall–Kier alpha value is -2.07. The summed E-state index contributed by atoms with van der Waals surface area (Å²) in [7, 11) is 0. The number of phenolic OH excluding ortho intramolecular Hbond substituents is 2. The van der Waals surface area contributed by atoms with Crippen LogP contribution in [0.3, 0.4) is 0 Å². The summed E-state index contributed by atoms with van der Waals surface area (Å²) in [6.45, 7) is 0. The van der Waals surface area contributed by atoms with Crippen molar-refractivity contribution in [3.63, 3.8) is 0 Å². The Balaban J connectivity index is 2.21. The zero-order valence-corrected chi connectivity index (χ0v) is 9.74. The van der Waals surface area contributed by atoms with Gasteiger partial charge < -0.3 is 15.5 Å². The van der Waals surface area contributed by atoms with Crippen molar-refractivity contribution in [2.45, 2.75) is 0 Å². The minimum atomic E-state index is -0.0431. The van der Waals surface area contributed by atoms with Crippen LogP contribution in [0.25, 0.3) is 0 Å². The van der Waals surface area contributed by atoms with Gasteiger partial charge >= 0.3 is 0 Å². The van der Waals surface area contributed by atoms with Gasteiger partial charge in [-0.1, -0.05) is 30.4 Å². The van der Waals surface area contributed by atoms with Crippen molar-refractivity contribution in [2.75, 3.05) is 5.32 Å². The third-order valence-corrected chi connectivity index (χ3v) is 2.58. The van der Waals surface area contributed by atoms with Gasteiger partial charge in [0.2, 0.25) is 0 Å². The first-order chi connectivity index (χ1) is 8.16. The van der Waals surface area contributed by atoms with Gasteiger partial charge in [-0.15, -0.1) is 0 Å². The van der Waals surface area contributed by atoms with Crippen molar-refractivity contribution in [3.8, 4) is 11.5 Å². The Kier molecular flexibility index (Phi) is 3.25. The van der Waals surface area contributed by atoms with Gasteiger partial charge in [-0.05, 0) is 24.3 Å². The quantitative estimate of drug-likeness (QED) is 0.712. The van der Waals surface area contributed by atoms with Crippen LogP contribution in [0.15, 0.2) is 48.5 Å². The number of rotatable bonds is 2. The summed E-state index contributed by atoms with van der Waals surface area (Å²) in [5.74, 6) is -0.0350. The molecule has 2 aromatic carbocycles. The number of para-hydroxylation sites is 1. The lowest BCUT2D eigenvalue weighted by Gasteiger charge is -2.09. The van der Waals surface area contributed by atoms with Crippen molar-refractivity contribution in [1.82, 2.24) is 0 Å². The second-order valence-corrected chi connectivity index (χ2v) is 3.93. The van der Waals surface area contributed by atoms with Gasteiger partial charge in [-0.2, -0.15) is 0 Å². The van der Waals surface area contributed by atoms with Crippen LogP contribution in [0.2, 0.25) is 0 Å². The lowest BCUT2D eigenvalue weighted by atomic mass is 10.2. The Morgan fingerprint density at radius 2 is 1.71 bits per heavy atom. The molecule has 0 saturated heterocycles. The molecule has 0 atom stereocenters. The highest BCUT2D eigenvalue weighted by Crippen LogP contribution is 2.23. The summed E-state index contributed by atoms with van der Waals surface area (Å²) in [6, 6.07) is 13.8. The monoisotopic (exact) mass is 245 g/mol. The molecule has 17 heavy (non-hydrogen) atoms. The van der Waals surface area contributed by atoms with Crippen molar-refractivity contribution >= 4 is 22.9 Å². The highest BCUT2D eigenvalue weighted by molar-refractivity contribution is 7.81. The molecule has 0 aliphatic heterocycles. The van der Waals surface area contributed by atoms with E-state index in [1.54, 1.807) is 6.07 Å². The Morgan fingerprint density at radius 1 is 1.00 bits per heavy atom. The molecular weight excluding hydrogens is 234 g/mol. The second kappa shape index (κ2) is 4.84. The molecule has 0 fully saturated rings. The fraction of sp³-hybridized carbons (Fsp3) is 0. The third-order valence-electron chi connectivity index (χ3n) is 2.26. The van der Waals surface area contributed by atoms with Crippen LogP contribution in [-0.2, 0) is 0 Å². The van der Waals surface area contributed by atoms with Gasteiger partial charge in [-0.3, -0.25) is 0 Å². The van der Waals surface area contributed by atoms with E-state index in [4.69, 9.17) is 12.2 Å². The fourth-order valence-electron chi connectivity index (χ4n) is 1.43. The average Bonchev–Trinajstić information content (AvgIpc) is 2.30. The summed E-state index contributed by atoms with van der Waals surface area (Å²) in [6.07, 6.45) is 0. The topological polar surface area (TPSA) is 52.5 Å². The van der Waals surface area contributed by atoms with Crippen LogP contribution >= 0.6 is 12.2 Å². The van der Waals surface area contributed by atoms with Crippen LogP contribution in [0.1, 0.15) is 5.56 Å². The smallest absolute Gasteiger partial charge is 0.129 e. The number of anilines is 1. The third kappa shape index (κ3) is 2.73. The van der Waals surface area contributed by atoms with Crippen molar-refractivity contribution in [1.29, 1.82) is 0 Å². The number of nitrogens with one attached hydrogen (secondary N) is 1. The molecule has 3 N–H and O–H groups in total. The largest absolute Gasteiger partial charge is 0.508 e. The molecule has 0 saturated carbocycles. The van der Waals surface area contributed by atoms with E-state index in [1.807, 2.05) is 30.3 Å². The maximum absolute atomic E-state index is 9.65. The van der Waals surface area contributed by atoms with E-state index in [0.717, 1.165) is 5.69 Å². The number of benzene rings is 2. The van der Waals surface area contributed by atoms with Crippen LogP contribution in [0.5, 0.6) is 11.5 Å². The summed E-state index contributed by atoms with van der Waals surface area (Å²) in [5.41, 5.74) is 1.34. The fourth-order valence-corrected chi connectivity index (χ4v) is 1.72. The van der Waals surface area contributed by atoms with Crippen molar-refractivity contribution in [3.05, 3.63) is 54.1 Å². The highest BCUT2D eigenvalue weighted by Gasteiger charge is 2.07. The van der Waals surface area contributed by atoms with E-state index in [2.05, 4.69) is 5.32 Å². The lowest BCUT2D eigenvalue weighted by Crippen LogP contribution is -2.10. The first-order valence-electron chi connectivity index (χ1n) is 5.05. The molecule has 0 aromatic heterocycles. The first kappa shape index (κ1) is 11.4. The van der Waals surface area contributed by atoms with Crippen LogP contribution in [-0.4, -0.2) is 15.2 Å². The van der Waals surface area contributed by atoms with Gasteiger partial charge in [-0.25, -0.2) is 0 Å². The number of hydrogen-bond acceptors (Lipinski definition) is 3. The van der Waals surface area contributed by atoms with E-state index in [9.17, 15) is 10.2 Å². The van der Waals surface area contributed by atoms with E-state index in [0.29, 0.717) is 10.6 Å². The molecule has 2 aromatic rings. The van der Waals surface area contributed by atoms with E-state index in [-0.39, 0.29) is 11.5 Å². The van der Waals surface area contributed by atoms with E-state index in [1.165, 1.54) is 12.1 Å². The first-order valence-corrected chi connectivity index (χ1v) is 5.46. The molecule has 0 spiro atoms. The summed E-state index contributed by atoms with van der Waals surface area (Å²) < 4.78 is 0. The highest BCUT2D eigenvalue weighted by atomic mass is 32.1. The molecule has 0 bridgehead atoms. The molecule has 0 radical (unpaired) electrons. The molecule has 0 aliphatic carbocycles. The molecule has 0 aliphatic rings. The van der Waals surface area contributed by atoms with Crippen molar-refractivity contribution in [2.24, 2.45) is 0 Å². The Morgan fingerprint density at radius 3 is 2.35 bits per heavy atom. The summed E-state index contributed by atoms with van der Waals surface area (Å²) >= 11 is 5.18. The van der Waals surface area contributed by atoms with Crippen LogP contribution in [0.4, 0.5) is 5.69 Å². The molecule has 0 amide bonds. The van der Waals surface area contributed by atoms with Gasteiger partial charge in [0.05, 0.1) is 5.56 Å². The minimum absolute atomic E-state index is 0.00811. The maximum Gasteiger partial charge on any atom is 0.129 e. The summed E-state index contributed by atoms with van der Waals surface area (Å²) in [5, 5.41) is 21.8. The maximum atomic E-state index is 9.65. The average molecular weight is 245 g/mol. The molecule has 2 rings (SSSR count). The Bertz CT molecular complexity index is 540. The standard InChI is InChI=1S/C13H11NO2S/c15-10-6-7-11(12(16)8-10)13(17)14-9-4-2-1-3-5-9/h1-8,15-16H,(H,14,17). The second-order valence-electron chi connectivity index (χ2n) is 3.52. The SMILES string of the molecule is Oc1ccc(C(=S)Nc2ccccc2)c(O)c1. The predicted octanol–water partition coefficient (Wildman–Crippen LogP) is 2.89. The minimum Gasteiger partial charge on any atom is -0.508 e. The van der Waals surface area contributed by atoms with Crippen molar-refractivity contribution < 1.29 is 10.2 Å². The number of phenols is 2. The van der Waals surface area contributed by atoms with Gasteiger partial charge in [0.25, 0.3) is 0 Å². The lowest BCUT2D eigenvalue weighted by molar-refractivity contribution is 0.450. The molecule has 0 unspecified atom stereocenters. The Labute approximate surface area is 104 Å². The number of thiocarbonyl (C=S) groups is 1. The van der Waals surface area contributed by atoms with Crippen LogP contribution < -0.4 is 5.32 Å². The molecule has 3 nitrogen and oxygen atoms in total. The molecular formula is C13H11NO2S. The van der Waals surface area contributed by atoms with Crippen LogP contribution in [0, 0.1) is 0 Å². The van der Waals surface area contributed by atoms with Gasteiger partial charge in [0.15, 0.2) is 0 Å². The predicted molar refractivity (Wildman–Crippen MR) is 71.5 cm³/mol.